The molecule has 5 aromatic rings. The van der Waals surface area contributed by atoms with Crippen LogP contribution in [-0.4, -0.2) is 23.1 Å². The van der Waals surface area contributed by atoms with Gasteiger partial charge in [-0.05, 0) is 55.0 Å². The number of para-hydroxylation sites is 1. The lowest BCUT2D eigenvalue weighted by Gasteiger charge is -2.09. The maximum Gasteiger partial charge on any atom is 0.345 e. The Hall–Kier alpha value is -3.62. The largest absolute Gasteiger partial charge is 0.422 e. The van der Waals surface area contributed by atoms with Crippen LogP contribution in [0.5, 0.6) is 5.75 Å². The van der Waals surface area contributed by atoms with Gasteiger partial charge in [0.05, 0.1) is 16.8 Å². The van der Waals surface area contributed by atoms with Crippen molar-refractivity contribution in [2.45, 2.75) is 6.92 Å². The van der Waals surface area contributed by atoms with Gasteiger partial charge < -0.3 is 9.72 Å². The quantitative estimate of drug-likeness (QED) is 0.0830. The highest BCUT2D eigenvalue weighted by Crippen LogP contribution is 2.37. The SMILES string of the molecule is Cc1cccc2c(-c3ccccc3Cl)c(C(=O)NN=Cc3cc(Br)ccc3OC(=O)c3ccc(Cl)cc3Cl)[nH]c12. The Bertz CT molecular complexity index is 1820. The number of aryl methyl sites for hydroxylation is 1. The molecule has 0 unspecified atom stereocenters. The van der Waals surface area contributed by atoms with Crippen molar-refractivity contribution in [3.63, 3.8) is 0 Å². The van der Waals surface area contributed by atoms with Gasteiger partial charge in [-0.3, -0.25) is 4.79 Å². The number of halogens is 4. The minimum atomic E-state index is -0.666. The van der Waals surface area contributed by atoms with E-state index in [0.29, 0.717) is 26.9 Å². The number of amides is 1. The van der Waals surface area contributed by atoms with E-state index in [1.54, 1.807) is 30.3 Å². The molecular weight excluding hydrogens is 637 g/mol. The van der Waals surface area contributed by atoms with E-state index in [0.717, 1.165) is 26.5 Å². The van der Waals surface area contributed by atoms with Crippen molar-refractivity contribution in [3.8, 4) is 16.9 Å². The van der Waals surface area contributed by atoms with Gasteiger partial charge in [-0.25, -0.2) is 10.2 Å². The number of nitrogens with zero attached hydrogens (tertiary/aromatic N) is 1. The number of benzene rings is 4. The van der Waals surface area contributed by atoms with Crippen molar-refractivity contribution in [2.75, 3.05) is 0 Å². The monoisotopic (exact) mass is 653 g/mol. The fourth-order valence-corrected chi connectivity index (χ4v) is 5.31. The molecule has 0 radical (unpaired) electrons. The number of hydrazone groups is 1. The van der Waals surface area contributed by atoms with Gasteiger partial charge in [-0.1, -0.05) is 87.1 Å². The van der Waals surface area contributed by atoms with Crippen molar-refractivity contribution in [3.05, 3.63) is 121 Å². The average molecular weight is 656 g/mol. The lowest BCUT2D eigenvalue weighted by Crippen LogP contribution is -2.19. The fourth-order valence-electron chi connectivity index (χ4n) is 4.22. The van der Waals surface area contributed by atoms with Crippen LogP contribution >= 0.6 is 50.7 Å². The summed E-state index contributed by atoms with van der Waals surface area (Å²) >= 11 is 22.0. The van der Waals surface area contributed by atoms with Crippen LogP contribution in [0.3, 0.4) is 0 Å². The number of hydrogen-bond acceptors (Lipinski definition) is 4. The number of hydrogen-bond donors (Lipinski definition) is 2. The molecule has 0 saturated heterocycles. The summed E-state index contributed by atoms with van der Waals surface area (Å²) in [5, 5.41) is 6.09. The zero-order chi connectivity index (χ0) is 28.4. The van der Waals surface area contributed by atoms with E-state index in [9.17, 15) is 9.59 Å². The molecule has 10 heteroatoms. The average Bonchev–Trinajstić information content (AvgIpc) is 3.31. The van der Waals surface area contributed by atoms with Gasteiger partial charge >= 0.3 is 5.97 Å². The normalized spacial score (nSPS) is 11.2. The third-order valence-corrected chi connectivity index (χ3v) is 7.48. The molecule has 40 heavy (non-hydrogen) atoms. The number of carbonyl (C=O) groups excluding carboxylic acids is 2. The second-order valence-electron chi connectivity index (χ2n) is 8.75. The lowest BCUT2D eigenvalue weighted by atomic mass is 10.0. The molecule has 1 aromatic heterocycles. The second-order valence-corrected chi connectivity index (χ2v) is 10.9. The number of aromatic amines is 1. The lowest BCUT2D eigenvalue weighted by molar-refractivity contribution is 0.0734. The van der Waals surface area contributed by atoms with Crippen LogP contribution in [0.25, 0.3) is 22.0 Å². The molecule has 0 saturated carbocycles. The molecule has 5 rings (SSSR count). The Balaban J connectivity index is 1.44. The minimum absolute atomic E-state index is 0.159. The van der Waals surface area contributed by atoms with E-state index in [1.165, 1.54) is 18.3 Å². The first kappa shape index (κ1) is 27.9. The second kappa shape index (κ2) is 11.9. The van der Waals surface area contributed by atoms with Crippen LogP contribution in [0.15, 0.2) is 88.4 Å². The van der Waals surface area contributed by atoms with E-state index >= 15 is 0 Å². The number of rotatable bonds is 6. The van der Waals surface area contributed by atoms with E-state index in [1.807, 2.05) is 43.3 Å². The van der Waals surface area contributed by atoms with Crippen LogP contribution < -0.4 is 10.2 Å². The van der Waals surface area contributed by atoms with E-state index in [2.05, 4.69) is 31.4 Å². The van der Waals surface area contributed by atoms with E-state index < -0.39 is 11.9 Å². The first-order valence-corrected chi connectivity index (χ1v) is 13.8. The molecule has 1 amide bonds. The summed E-state index contributed by atoms with van der Waals surface area (Å²) in [5.41, 5.74) is 6.68. The van der Waals surface area contributed by atoms with Gasteiger partial charge in [0, 0.05) is 42.1 Å². The molecule has 6 nitrogen and oxygen atoms in total. The maximum absolute atomic E-state index is 13.4. The molecule has 1 heterocycles. The maximum atomic E-state index is 13.4. The van der Waals surface area contributed by atoms with E-state index in [-0.39, 0.29) is 16.3 Å². The van der Waals surface area contributed by atoms with Gasteiger partial charge in [-0.15, -0.1) is 0 Å². The standard InChI is InChI=1S/C30H19BrCl3N3O3/c1-16-5-4-7-22-26(20-6-2-3-8-23(20)33)28(36-27(16)22)29(38)37-35-15-17-13-18(31)9-12-25(17)40-30(39)21-11-10-19(32)14-24(21)34/h2-15,36H,1H3,(H,37,38). The highest BCUT2D eigenvalue weighted by atomic mass is 79.9. The molecule has 0 fully saturated rings. The smallest absolute Gasteiger partial charge is 0.345 e. The van der Waals surface area contributed by atoms with Crippen molar-refractivity contribution < 1.29 is 14.3 Å². The predicted molar refractivity (Wildman–Crippen MR) is 164 cm³/mol. The number of H-pyrrole nitrogens is 1. The van der Waals surface area contributed by atoms with Crippen LogP contribution in [0, 0.1) is 6.92 Å². The zero-order valence-electron chi connectivity index (χ0n) is 20.8. The van der Waals surface area contributed by atoms with Crippen LogP contribution in [0.2, 0.25) is 15.1 Å². The minimum Gasteiger partial charge on any atom is -0.422 e. The van der Waals surface area contributed by atoms with Gasteiger partial charge in [0.15, 0.2) is 0 Å². The molecular formula is C30H19BrCl3N3O3. The number of aromatic nitrogens is 1. The molecule has 4 aromatic carbocycles. The van der Waals surface area contributed by atoms with Gasteiger partial charge in [0.1, 0.15) is 11.4 Å². The first-order valence-electron chi connectivity index (χ1n) is 11.9. The summed E-state index contributed by atoms with van der Waals surface area (Å²) in [6, 6.07) is 22.7. The summed E-state index contributed by atoms with van der Waals surface area (Å²) in [5.74, 6) is -0.918. The van der Waals surface area contributed by atoms with Crippen LogP contribution in [0.1, 0.15) is 32.0 Å². The molecule has 0 aliphatic carbocycles. The van der Waals surface area contributed by atoms with Crippen LogP contribution in [-0.2, 0) is 0 Å². The molecule has 0 spiro atoms. The predicted octanol–water partition coefficient (Wildman–Crippen LogP) is 8.85. The topological polar surface area (TPSA) is 83.5 Å². The Labute approximate surface area is 253 Å². The molecule has 0 aliphatic heterocycles. The number of carbonyl (C=O) groups is 2. The summed E-state index contributed by atoms with van der Waals surface area (Å²) in [7, 11) is 0. The van der Waals surface area contributed by atoms with Crippen LogP contribution in [0.4, 0.5) is 0 Å². The van der Waals surface area contributed by atoms with Crippen molar-refractivity contribution in [1.29, 1.82) is 0 Å². The van der Waals surface area contributed by atoms with E-state index in [4.69, 9.17) is 39.5 Å². The van der Waals surface area contributed by atoms with Gasteiger partial charge in [-0.2, -0.15) is 5.10 Å². The Morgan fingerprint density at radius 3 is 2.52 bits per heavy atom. The third-order valence-electron chi connectivity index (χ3n) is 6.11. The van der Waals surface area contributed by atoms with Gasteiger partial charge in [0.2, 0.25) is 0 Å². The Morgan fingerprint density at radius 1 is 0.950 bits per heavy atom. The fraction of sp³-hybridized carbons (Fsp3) is 0.0333. The number of ether oxygens (including phenoxy) is 1. The summed E-state index contributed by atoms with van der Waals surface area (Å²) in [6.07, 6.45) is 1.39. The first-order chi connectivity index (χ1) is 19.2. The Kier molecular flexibility index (Phi) is 8.28. The van der Waals surface area contributed by atoms with Crippen molar-refractivity contribution >= 4 is 79.7 Å². The molecule has 200 valence electrons. The molecule has 2 N–H and O–H groups in total. The number of esters is 1. The molecule has 0 atom stereocenters. The zero-order valence-corrected chi connectivity index (χ0v) is 24.6. The third kappa shape index (κ3) is 5.78. The highest BCUT2D eigenvalue weighted by Gasteiger charge is 2.21. The van der Waals surface area contributed by atoms with Crippen molar-refractivity contribution in [2.24, 2.45) is 5.10 Å². The molecule has 0 bridgehead atoms. The number of nitrogens with one attached hydrogen (secondary N) is 2. The summed E-state index contributed by atoms with van der Waals surface area (Å²) < 4.78 is 6.30. The summed E-state index contributed by atoms with van der Waals surface area (Å²) in [6.45, 7) is 1.96. The van der Waals surface area contributed by atoms with Crippen molar-refractivity contribution in [1.82, 2.24) is 10.4 Å². The Morgan fingerprint density at radius 2 is 1.75 bits per heavy atom. The summed E-state index contributed by atoms with van der Waals surface area (Å²) in [4.78, 5) is 29.4. The molecule has 0 aliphatic rings. The van der Waals surface area contributed by atoms with Gasteiger partial charge in [0.25, 0.3) is 5.91 Å². The highest BCUT2D eigenvalue weighted by molar-refractivity contribution is 9.10. The number of fused-ring (bicyclic) bond motifs is 1.